The topological polar surface area (TPSA) is 15.6 Å². The van der Waals surface area contributed by atoms with Crippen molar-refractivity contribution in [3.63, 3.8) is 0 Å². The molecule has 0 spiro atoms. The highest BCUT2D eigenvalue weighted by Crippen LogP contribution is 2.29. The summed E-state index contributed by atoms with van der Waals surface area (Å²) in [6.07, 6.45) is 1.95. The van der Waals surface area contributed by atoms with Crippen molar-refractivity contribution in [1.29, 1.82) is 0 Å². The number of aliphatic imine (C=N–C) groups is 1. The van der Waals surface area contributed by atoms with E-state index in [0.29, 0.717) is 17.5 Å². The Balaban J connectivity index is 2.70. The monoisotopic (exact) mass is 154 g/mol. The van der Waals surface area contributed by atoms with Gasteiger partial charge in [0.05, 0.1) is 12.4 Å². The highest BCUT2D eigenvalue weighted by Gasteiger charge is 2.33. The molecule has 1 aliphatic heterocycles. The summed E-state index contributed by atoms with van der Waals surface area (Å²) in [6.45, 7) is 8.95. The van der Waals surface area contributed by atoms with Gasteiger partial charge in [-0.05, 0) is 12.3 Å². The van der Waals surface area contributed by atoms with E-state index in [1.54, 1.807) is 0 Å². The first-order chi connectivity index (χ1) is 4.93. The van der Waals surface area contributed by atoms with E-state index in [0.717, 1.165) is 0 Å². The first-order valence-corrected chi connectivity index (χ1v) is 4.18. The van der Waals surface area contributed by atoms with Crippen LogP contribution in [0.4, 0.5) is 0 Å². The van der Waals surface area contributed by atoms with Crippen molar-refractivity contribution in [2.24, 2.45) is 10.4 Å². The molecule has 0 bridgehead atoms. The fraction of sp³-hybridized carbons (Fsp3) is 0.889. The maximum Gasteiger partial charge on any atom is 0.0855 e. The molecule has 0 aliphatic carbocycles. The lowest BCUT2D eigenvalue weighted by Gasteiger charge is -2.30. The average molecular weight is 154 g/mol. The maximum absolute atomic E-state index is 4.47. The molecule has 0 aromatic heterocycles. The summed E-state index contributed by atoms with van der Waals surface area (Å²) >= 11 is 0. The minimum Gasteiger partial charge on any atom is -0.361 e. The van der Waals surface area contributed by atoms with E-state index < -0.39 is 0 Å². The smallest absolute Gasteiger partial charge is 0.0855 e. The number of hydrogen-bond donors (Lipinski definition) is 0. The van der Waals surface area contributed by atoms with Crippen molar-refractivity contribution in [2.45, 2.75) is 39.8 Å². The van der Waals surface area contributed by atoms with Crippen LogP contribution in [0, 0.1) is 5.41 Å². The fourth-order valence-electron chi connectivity index (χ4n) is 1.58. The summed E-state index contributed by atoms with van der Waals surface area (Å²) in [5.41, 5.74) is 0.292. The first-order valence-electron chi connectivity index (χ1n) is 4.18. The third-order valence-corrected chi connectivity index (χ3v) is 2.40. The Morgan fingerprint density at radius 3 is 2.09 bits per heavy atom. The number of rotatable bonds is 0. The summed E-state index contributed by atoms with van der Waals surface area (Å²) in [5.74, 6) is 0. The van der Waals surface area contributed by atoms with Crippen molar-refractivity contribution >= 4 is 6.34 Å². The second-order valence-corrected chi connectivity index (χ2v) is 4.48. The number of likely N-dealkylation sites (N-methyl/N-ethyl adjacent to an activating group) is 1. The van der Waals surface area contributed by atoms with Crippen LogP contribution in [0.25, 0.3) is 0 Å². The molecule has 2 unspecified atom stereocenters. The largest absolute Gasteiger partial charge is 0.361 e. The lowest BCUT2D eigenvalue weighted by molar-refractivity contribution is 0.245. The second-order valence-electron chi connectivity index (χ2n) is 4.48. The summed E-state index contributed by atoms with van der Waals surface area (Å²) in [7, 11) is 2.08. The average Bonchev–Trinajstić information content (AvgIpc) is 2.11. The molecule has 2 heteroatoms. The molecule has 64 valence electrons. The van der Waals surface area contributed by atoms with Crippen LogP contribution in [0.3, 0.4) is 0 Å². The Labute approximate surface area is 69.3 Å². The van der Waals surface area contributed by atoms with Gasteiger partial charge in [-0.25, -0.2) is 0 Å². The molecule has 1 rings (SSSR count). The van der Waals surface area contributed by atoms with Gasteiger partial charge in [-0.1, -0.05) is 20.8 Å². The minimum absolute atomic E-state index is 0.292. The lowest BCUT2D eigenvalue weighted by atomic mass is 9.83. The van der Waals surface area contributed by atoms with Gasteiger partial charge < -0.3 is 4.90 Å². The molecule has 1 aliphatic rings. The summed E-state index contributed by atoms with van der Waals surface area (Å²) in [5, 5.41) is 0. The zero-order valence-corrected chi connectivity index (χ0v) is 8.13. The molecule has 0 fully saturated rings. The first kappa shape index (κ1) is 8.57. The lowest BCUT2D eigenvalue weighted by Crippen LogP contribution is -2.38. The van der Waals surface area contributed by atoms with E-state index in [-0.39, 0.29) is 0 Å². The van der Waals surface area contributed by atoms with E-state index in [2.05, 4.69) is 44.6 Å². The quantitative estimate of drug-likeness (QED) is 0.519. The van der Waals surface area contributed by atoms with Crippen molar-refractivity contribution in [3.05, 3.63) is 0 Å². The van der Waals surface area contributed by atoms with Crippen molar-refractivity contribution in [3.8, 4) is 0 Å². The van der Waals surface area contributed by atoms with E-state index in [4.69, 9.17) is 0 Å². The van der Waals surface area contributed by atoms with Crippen molar-refractivity contribution in [1.82, 2.24) is 4.90 Å². The molecule has 0 saturated carbocycles. The Kier molecular flexibility index (Phi) is 1.95. The molecule has 0 aromatic carbocycles. The molecule has 2 atom stereocenters. The van der Waals surface area contributed by atoms with Crippen molar-refractivity contribution < 1.29 is 0 Å². The Bertz CT molecular complexity index is 167. The van der Waals surface area contributed by atoms with E-state index in [1.165, 1.54) is 0 Å². The SMILES string of the molecule is CC1C(C(C)(C)C)N=CN1C. The predicted octanol–water partition coefficient (Wildman–Crippen LogP) is 1.76. The van der Waals surface area contributed by atoms with Crippen molar-refractivity contribution in [2.75, 3.05) is 7.05 Å². The Morgan fingerprint density at radius 1 is 1.36 bits per heavy atom. The summed E-state index contributed by atoms with van der Waals surface area (Å²) < 4.78 is 0. The van der Waals surface area contributed by atoms with Crippen LogP contribution in [-0.2, 0) is 0 Å². The van der Waals surface area contributed by atoms with Crippen LogP contribution >= 0.6 is 0 Å². The molecule has 1 heterocycles. The third kappa shape index (κ3) is 1.55. The highest BCUT2D eigenvalue weighted by molar-refractivity contribution is 5.58. The molecule has 0 aromatic rings. The zero-order valence-electron chi connectivity index (χ0n) is 8.13. The zero-order chi connectivity index (χ0) is 8.65. The Morgan fingerprint density at radius 2 is 1.91 bits per heavy atom. The maximum atomic E-state index is 4.47. The number of nitrogens with zero attached hydrogens (tertiary/aromatic N) is 2. The standard InChI is InChI=1S/C9H18N2/c1-7-8(9(2,3)4)10-6-11(7)5/h6-8H,1-5H3. The summed E-state index contributed by atoms with van der Waals surface area (Å²) in [6, 6.07) is 1.00. The molecule has 11 heavy (non-hydrogen) atoms. The summed E-state index contributed by atoms with van der Waals surface area (Å²) in [4.78, 5) is 6.65. The molecular formula is C9H18N2. The van der Waals surface area contributed by atoms with Gasteiger partial charge in [0.1, 0.15) is 0 Å². The highest BCUT2D eigenvalue weighted by atomic mass is 15.2. The Hall–Kier alpha value is -0.530. The molecule has 0 N–H and O–H groups in total. The minimum atomic E-state index is 0.292. The van der Waals surface area contributed by atoms with Gasteiger partial charge in [0.2, 0.25) is 0 Å². The predicted molar refractivity (Wildman–Crippen MR) is 49.0 cm³/mol. The molecule has 0 radical (unpaired) electrons. The van der Waals surface area contributed by atoms with Crippen LogP contribution in [0.1, 0.15) is 27.7 Å². The van der Waals surface area contributed by atoms with Gasteiger partial charge in [-0.15, -0.1) is 0 Å². The van der Waals surface area contributed by atoms with Crippen LogP contribution in [0.2, 0.25) is 0 Å². The van der Waals surface area contributed by atoms with Crippen LogP contribution in [0.15, 0.2) is 4.99 Å². The molecule has 2 nitrogen and oxygen atoms in total. The van der Waals surface area contributed by atoms with Gasteiger partial charge in [0.25, 0.3) is 0 Å². The molecule has 0 saturated heterocycles. The fourth-order valence-corrected chi connectivity index (χ4v) is 1.58. The number of hydrogen-bond acceptors (Lipinski definition) is 2. The van der Waals surface area contributed by atoms with Gasteiger partial charge in [0.15, 0.2) is 0 Å². The van der Waals surface area contributed by atoms with Gasteiger partial charge in [-0.2, -0.15) is 0 Å². The normalized spacial score (nSPS) is 31.5. The molecule has 0 amide bonds. The van der Waals surface area contributed by atoms with Gasteiger partial charge in [0, 0.05) is 13.1 Å². The van der Waals surface area contributed by atoms with Gasteiger partial charge >= 0.3 is 0 Å². The van der Waals surface area contributed by atoms with Crippen LogP contribution < -0.4 is 0 Å². The van der Waals surface area contributed by atoms with E-state index >= 15 is 0 Å². The van der Waals surface area contributed by atoms with Crippen LogP contribution in [-0.4, -0.2) is 30.4 Å². The second kappa shape index (κ2) is 2.50. The van der Waals surface area contributed by atoms with Gasteiger partial charge in [-0.3, -0.25) is 4.99 Å². The van der Waals surface area contributed by atoms with E-state index in [9.17, 15) is 0 Å². The van der Waals surface area contributed by atoms with E-state index in [1.807, 2.05) is 6.34 Å². The van der Waals surface area contributed by atoms with Crippen LogP contribution in [0.5, 0.6) is 0 Å². The third-order valence-electron chi connectivity index (χ3n) is 2.40. The molecular weight excluding hydrogens is 136 g/mol.